The van der Waals surface area contributed by atoms with Crippen molar-refractivity contribution in [3.63, 3.8) is 0 Å². The number of carbonyl (C=O) groups is 1. The highest BCUT2D eigenvalue weighted by molar-refractivity contribution is 5.90. The number of aromatic amines is 1. The molecule has 0 saturated heterocycles. The van der Waals surface area contributed by atoms with Crippen LogP contribution in [0.2, 0.25) is 0 Å². The molecule has 1 heterocycles. The van der Waals surface area contributed by atoms with Gasteiger partial charge in [-0.05, 0) is 42.5 Å². The van der Waals surface area contributed by atoms with Crippen molar-refractivity contribution in [2.75, 3.05) is 7.11 Å². The predicted molar refractivity (Wildman–Crippen MR) is 80.5 cm³/mol. The smallest absolute Gasteiger partial charge is 0.337 e. The Hall–Kier alpha value is -2.87. The Kier molecular flexibility index (Phi) is 3.51. The molecule has 5 nitrogen and oxygen atoms in total. The third kappa shape index (κ3) is 2.51. The molecule has 1 aromatic heterocycles. The van der Waals surface area contributed by atoms with Crippen LogP contribution in [0.4, 0.5) is 0 Å². The molecule has 1 aliphatic rings. The van der Waals surface area contributed by atoms with Gasteiger partial charge in [-0.3, -0.25) is 4.79 Å². The van der Waals surface area contributed by atoms with Gasteiger partial charge in [-0.15, -0.1) is 0 Å². The Bertz CT molecular complexity index is 824. The van der Waals surface area contributed by atoms with Crippen molar-refractivity contribution in [3.05, 3.63) is 57.5 Å². The van der Waals surface area contributed by atoms with Gasteiger partial charge in [-0.1, -0.05) is 12.1 Å². The number of esters is 1. The number of ether oxygens (including phenoxy) is 1. The molecule has 110 valence electrons. The minimum atomic E-state index is -0.420. The number of methoxy groups -OCH3 is 1. The monoisotopic (exact) mass is 294 g/mol. The summed E-state index contributed by atoms with van der Waals surface area (Å²) in [5, 5.41) is 9.24. The Morgan fingerprint density at radius 1 is 1.32 bits per heavy atom. The second-order valence-electron chi connectivity index (χ2n) is 5.30. The van der Waals surface area contributed by atoms with Crippen molar-refractivity contribution in [2.24, 2.45) is 0 Å². The number of nitriles is 1. The fourth-order valence-electron chi connectivity index (χ4n) is 2.44. The summed E-state index contributed by atoms with van der Waals surface area (Å²) in [7, 11) is 1.32. The van der Waals surface area contributed by atoms with E-state index in [0.717, 1.165) is 24.1 Å². The van der Waals surface area contributed by atoms with Crippen molar-refractivity contribution in [1.29, 1.82) is 5.26 Å². The number of nitrogens with one attached hydrogen (secondary N) is 1. The van der Waals surface area contributed by atoms with E-state index in [1.54, 1.807) is 24.3 Å². The molecule has 0 aliphatic heterocycles. The second-order valence-corrected chi connectivity index (χ2v) is 5.30. The molecule has 1 N–H and O–H groups in total. The number of aromatic nitrogens is 1. The summed E-state index contributed by atoms with van der Waals surface area (Å²) in [5.41, 5.74) is 2.36. The summed E-state index contributed by atoms with van der Waals surface area (Å²) in [5.74, 6) is -0.0369. The fourth-order valence-corrected chi connectivity index (χ4v) is 2.44. The number of nitrogens with zero attached hydrogens (tertiary/aromatic N) is 1. The predicted octanol–water partition coefficient (Wildman–Crippen LogP) is 2.58. The first kappa shape index (κ1) is 14.1. The summed E-state index contributed by atoms with van der Waals surface area (Å²) >= 11 is 0. The molecular formula is C17H14N2O3. The molecule has 3 rings (SSSR count). The van der Waals surface area contributed by atoms with Crippen LogP contribution in [0.15, 0.2) is 35.1 Å². The minimum Gasteiger partial charge on any atom is -0.465 e. The van der Waals surface area contributed by atoms with Crippen LogP contribution in [0.5, 0.6) is 0 Å². The van der Waals surface area contributed by atoms with Crippen molar-refractivity contribution in [3.8, 4) is 17.2 Å². The van der Waals surface area contributed by atoms with Gasteiger partial charge in [0.2, 0.25) is 0 Å². The summed E-state index contributed by atoms with van der Waals surface area (Å²) in [6, 6.07) is 10.5. The zero-order chi connectivity index (χ0) is 15.7. The maximum atomic E-state index is 12.1. The first-order valence-electron chi connectivity index (χ1n) is 7.00. The quantitative estimate of drug-likeness (QED) is 0.882. The number of carbonyl (C=O) groups excluding carboxylic acids is 1. The average Bonchev–Trinajstić information content (AvgIpc) is 3.38. The van der Waals surface area contributed by atoms with Gasteiger partial charge in [0.05, 0.1) is 12.7 Å². The molecule has 0 radical (unpaired) electrons. The Balaban J connectivity index is 2.08. The Morgan fingerprint density at radius 2 is 2.00 bits per heavy atom. The third-order valence-corrected chi connectivity index (χ3v) is 3.80. The molecule has 1 aliphatic carbocycles. The van der Waals surface area contributed by atoms with Gasteiger partial charge in [0.15, 0.2) is 0 Å². The lowest BCUT2D eigenvalue weighted by Gasteiger charge is -2.08. The van der Waals surface area contributed by atoms with Crippen molar-refractivity contribution in [1.82, 2.24) is 4.98 Å². The van der Waals surface area contributed by atoms with Crippen LogP contribution in [0.3, 0.4) is 0 Å². The average molecular weight is 294 g/mol. The molecule has 0 amide bonds. The molecule has 5 heteroatoms. The highest BCUT2D eigenvalue weighted by Gasteiger charge is 2.26. The van der Waals surface area contributed by atoms with Crippen LogP contribution >= 0.6 is 0 Å². The van der Waals surface area contributed by atoms with E-state index in [1.807, 2.05) is 12.1 Å². The third-order valence-electron chi connectivity index (χ3n) is 3.80. The lowest BCUT2D eigenvalue weighted by Crippen LogP contribution is -2.14. The zero-order valence-electron chi connectivity index (χ0n) is 12.1. The highest BCUT2D eigenvalue weighted by atomic mass is 16.5. The summed E-state index contributed by atoms with van der Waals surface area (Å²) < 4.78 is 4.66. The van der Waals surface area contributed by atoms with Crippen molar-refractivity contribution in [2.45, 2.75) is 18.8 Å². The van der Waals surface area contributed by atoms with Gasteiger partial charge >= 0.3 is 5.97 Å². The minimum absolute atomic E-state index is 0.0928. The highest BCUT2D eigenvalue weighted by Crippen LogP contribution is 2.39. The van der Waals surface area contributed by atoms with Crippen LogP contribution < -0.4 is 5.56 Å². The van der Waals surface area contributed by atoms with Crippen LogP contribution in [0, 0.1) is 11.3 Å². The summed E-state index contributed by atoms with van der Waals surface area (Å²) in [4.78, 5) is 26.3. The van der Waals surface area contributed by atoms with Gasteiger partial charge < -0.3 is 9.72 Å². The van der Waals surface area contributed by atoms with Crippen molar-refractivity contribution >= 4 is 5.97 Å². The second kappa shape index (κ2) is 5.49. The standard InChI is InChI=1S/C17H14N2O3/c1-22-17(21)12-6-2-10(3-7-12)13-8-15(11-4-5-11)19-16(20)14(13)9-18/h2-3,6-8,11H,4-5H2,1H3,(H,19,20). The zero-order valence-corrected chi connectivity index (χ0v) is 12.1. The number of H-pyrrole nitrogens is 1. The van der Waals surface area contributed by atoms with E-state index in [9.17, 15) is 14.9 Å². The van der Waals surface area contributed by atoms with Gasteiger partial charge in [0.25, 0.3) is 5.56 Å². The molecular weight excluding hydrogens is 280 g/mol. The maximum absolute atomic E-state index is 12.1. The molecule has 0 spiro atoms. The van der Waals surface area contributed by atoms with Crippen LogP contribution in [-0.2, 0) is 4.74 Å². The molecule has 22 heavy (non-hydrogen) atoms. The molecule has 2 aromatic rings. The SMILES string of the molecule is COC(=O)c1ccc(-c2cc(C3CC3)[nH]c(=O)c2C#N)cc1. The molecule has 0 bridgehead atoms. The lowest BCUT2D eigenvalue weighted by atomic mass is 9.99. The molecule has 1 aromatic carbocycles. The van der Waals surface area contributed by atoms with E-state index in [2.05, 4.69) is 9.72 Å². The topological polar surface area (TPSA) is 83.0 Å². The molecule has 0 unspecified atom stereocenters. The van der Waals surface area contributed by atoms with Gasteiger partial charge in [0, 0.05) is 11.3 Å². The van der Waals surface area contributed by atoms with Crippen molar-refractivity contribution < 1.29 is 9.53 Å². The number of benzene rings is 1. The number of hydrogen-bond acceptors (Lipinski definition) is 4. The first-order chi connectivity index (χ1) is 10.6. The van der Waals surface area contributed by atoms with Gasteiger partial charge in [-0.2, -0.15) is 5.26 Å². The summed E-state index contributed by atoms with van der Waals surface area (Å²) in [6.07, 6.45) is 2.12. The number of pyridine rings is 1. The van der Waals surface area contributed by atoms with E-state index in [4.69, 9.17) is 0 Å². The van der Waals surface area contributed by atoms with Crippen LogP contribution in [-0.4, -0.2) is 18.1 Å². The molecule has 1 saturated carbocycles. The Morgan fingerprint density at radius 3 is 2.55 bits per heavy atom. The number of hydrogen-bond donors (Lipinski definition) is 1. The molecule has 1 fully saturated rings. The largest absolute Gasteiger partial charge is 0.465 e. The maximum Gasteiger partial charge on any atom is 0.337 e. The van der Waals surface area contributed by atoms with E-state index in [-0.39, 0.29) is 11.1 Å². The van der Waals surface area contributed by atoms with Gasteiger partial charge in [-0.25, -0.2) is 4.79 Å². The number of rotatable bonds is 3. The van der Waals surface area contributed by atoms with Crippen LogP contribution in [0.1, 0.15) is 40.4 Å². The van der Waals surface area contributed by atoms with Crippen LogP contribution in [0.25, 0.3) is 11.1 Å². The normalized spacial score (nSPS) is 13.5. The van der Waals surface area contributed by atoms with E-state index in [1.165, 1.54) is 7.11 Å². The Labute approximate surface area is 127 Å². The van der Waals surface area contributed by atoms with E-state index >= 15 is 0 Å². The van der Waals surface area contributed by atoms with E-state index in [0.29, 0.717) is 17.0 Å². The van der Waals surface area contributed by atoms with Gasteiger partial charge in [0.1, 0.15) is 11.6 Å². The first-order valence-corrected chi connectivity index (χ1v) is 7.00. The van der Waals surface area contributed by atoms with E-state index < -0.39 is 5.97 Å². The lowest BCUT2D eigenvalue weighted by molar-refractivity contribution is 0.0601. The fraction of sp³-hybridized carbons (Fsp3) is 0.235. The molecule has 0 atom stereocenters. The summed E-state index contributed by atoms with van der Waals surface area (Å²) in [6.45, 7) is 0.